The summed E-state index contributed by atoms with van der Waals surface area (Å²) in [5, 5.41) is 3.02. The zero-order chi connectivity index (χ0) is 11.7. The number of hydrogen-bond donors (Lipinski definition) is 1. The van der Waals surface area contributed by atoms with Crippen molar-refractivity contribution in [2.75, 3.05) is 0 Å². The number of benzene rings is 1. The first-order chi connectivity index (χ1) is 7.58. The molecule has 2 aromatic rings. The second kappa shape index (κ2) is 4.59. The summed E-state index contributed by atoms with van der Waals surface area (Å²) in [7, 11) is 0. The van der Waals surface area contributed by atoms with E-state index in [0.29, 0.717) is 11.0 Å². The van der Waals surface area contributed by atoms with Gasteiger partial charge < -0.3 is 0 Å². The molecule has 5 heteroatoms. The fourth-order valence-corrected chi connectivity index (χ4v) is 2.03. The molecular weight excluding hydrogens is 336 g/mol. The first-order valence-corrected chi connectivity index (χ1v) is 6.36. The summed E-state index contributed by atoms with van der Waals surface area (Å²) >= 11 is 6.63. The maximum absolute atomic E-state index is 11.7. The maximum Gasteiger partial charge on any atom is 0.281 e. The number of aromatic amines is 1. The second-order valence-electron chi connectivity index (χ2n) is 3.57. The van der Waals surface area contributed by atoms with Crippen molar-refractivity contribution in [3.63, 3.8) is 0 Å². The van der Waals surface area contributed by atoms with Gasteiger partial charge in [0, 0.05) is 10.2 Å². The van der Waals surface area contributed by atoms with Gasteiger partial charge in [-0.3, -0.25) is 9.89 Å². The quantitative estimate of drug-likeness (QED) is 0.892. The summed E-state index contributed by atoms with van der Waals surface area (Å²) in [5.41, 5.74) is 1.90. The Morgan fingerprint density at radius 2 is 1.88 bits per heavy atom. The Morgan fingerprint density at radius 3 is 2.38 bits per heavy atom. The van der Waals surface area contributed by atoms with Crippen LogP contribution in [0.1, 0.15) is 11.3 Å². The topological polar surface area (TPSA) is 37.8 Å². The highest BCUT2D eigenvalue weighted by molar-refractivity contribution is 9.10. The Bertz CT molecular complexity index is 554. The fourth-order valence-electron chi connectivity index (χ4n) is 1.46. The van der Waals surface area contributed by atoms with Crippen molar-refractivity contribution in [3.05, 3.63) is 54.8 Å². The van der Waals surface area contributed by atoms with Crippen LogP contribution < -0.4 is 5.56 Å². The molecule has 2 rings (SSSR count). The predicted molar refractivity (Wildman–Crippen MR) is 70.7 cm³/mol. The minimum absolute atomic E-state index is 0.0274. The van der Waals surface area contributed by atoms with Crippen molar-refractivity contribution >= 4 is 31.9 Å². The van der Waals surface area contributed by atoms with Crippen LogP contribution in [0.25, 0.3) is 0 Å². The van der Waals surface area contributed by atoms with Gasteiger partial charge in [0.2, 0.25) is 0 Å². The van der Waals surface area contributed by atoms with E-state index in [0.717, 1.165) is 15.7 Å². The maximum atomic E-state index is 11.7. The van der Waals surface area contributed by atoms with E-state index in [1.807, 2.05) is 31.2 Å². The Kier molecular flexibility index (Phi) is 3.35. The van der Waals surface area contributed by atoms with Crippen molar-refractivity contribution in [3.8, 4) is 0 Å². The van der Waals surface area contributed by atoms with E-state index in [-0.39, 0.29) is 5.56 Å². The average Bonchev–Trinajstić information content (AvgIpc) is 2.50. The van der Waals surface area contributed by atoms with Crippen molar-refractivity contribution in [1.82, 2.24) is 9.78 Å². The summed E-state index contributed by atoms with van der Waals surface area (Å²) in [5.74, 6) is 0. The number of aryl methyl sites for hydroxylation is 1. The van der Waals surface area contributed by atoms with Gasteiger partial charge in [-0.25, -0.2) is 4.68 Å². The van der Waals surface area contributed by atoms with Gasteiger partial charge in [0.15, 0.2) is 0 Å². The number of nitrogens with zero attached hydrogens (tertiary/aromatic N) is 1. The summed E-state index contributed by atoms with van der Waals surface area (Å²) in [4.78, 5) is 11.7. The Balaban J connectivity index is 2.30. The molecule has 16 heavy (non-hydrogen) atoms. The normalized spacial score (nSPS) is 10.7. The molecule has 0 spiro atoms. The van der Waals surface area contributed by atoms with E-state index in [4.69, 9.17) is 0 Å². The lowest BCUT2D eigenvalue weighted by Gasteiger charge is -2.02. The molecule has 1 N–H and O–H groups in total. The van der Waals surface area contributed by atoms with Crippen LogP contribution in [0.15, 0.2) is 38.0 Å². The van der Waals surface area contributed by atoms with Gasteiger partial charge in [-0.05, 0) is 40.5 Å². The standard InChI is InChI=1S/C11H10Br2N2O/c1-7-10(13)11(16)15(14-7)6-8-2-4-9(12)5-3-8/h2-5,14H,6H2,1H3. The number of halogens is 2. The SMILES string of the molecule is Cc1[nH]n(Cc2ccc(Br)cc2)c(=O)c1Br. The molecule has 1 aromatic heterocycles. The number of nitrogens with one attached hydrogen (secondary N) is 1. The number of hydrogen-bond acceptors (Lipinski definition) is 1. The molecule has 1 aromatic carbocycles. The van der Waals surface area contributed by atoms with E-state index in [9.17, 15) is 4.79 Å². The third-order valence-electron chi connectivity index (χ3n) is 2.32. The zero-order valence-electron chi connectivity index (χ0n) is 8.63. The van der Waals surface area contributed by atoms with Gasteiger partial charge in [-0.2, -0.15) is 0 Å². The first kappa shape index (κ1) is 11.7. The first-order valence-electron chi connectivity index (χ1n) is 4.77. The van der Waals surface area contributed by atoms with E-state index in [2.05, 4.69) is 37.0 Å². The molecule has 0 bridgehead atoms. The lowest BCUT2D eigenvalue weighted by Crippen LogP contribution is -2.17. The number of rotatable bonds is 2. The molecule has 84 valence electrons. The van der Waals surface area contributed by atoms with Crippen molar-refractivity contribution in [1.29, 1.82) is 0 Å². The lowest BCUT2D eigenvalue weighted by atomic mass is 10.2. The molecule has 1 heterocycles. The largest absolute Gasteiger partial charge is 0.299 e. The average molecular weight is 346 g/mol. The van der Waals surface area contributed by atoms with Crippen LogP contribution in [0.4, 0.5) is 0 Å². The molecule has 0 saturated heterocycles. The Hall–Kier alpha value is -0.810. The van der Waals surface area contributed by atoms with Crippen LogP contribution >= 0.6 is 31.9 Å². The molecule has 0 unspecified atom stereocenters. The monoisotopic (exact) mass is 344 g/mol. The van der Waals surface area contributed by atoms with E-state index >= 15 is 0 Å². The van der Waals surface area contributed by atoms with Gasteiger partial charge in [-0.15, -0.1) is 0 Å². The van der Waals surface area contributed by atoms with Crippen LogP contribution in [-0.4, -0.2) is 9.78 Å². The highest BCUT2D eigenvalue weighted by Gasteiger charge is 2.07. The summed E-state index contributed by atoms with van der Waals surface area (Å²) in [6.07, 6.45) is 0. The van der Waals surface area contributed by atoms with Gasteiger partial charge in [0.05, 0.1) is 6.54 Å². The van der Waals surface area contributed by atoms with Gasteiger partial charge in [0.25, 0.3) is 5.56 Å². The van der Waals surface area contributed by atoms with Crippen LogP contribution in [-0.2, 0) is 6.54 Å². The molecule has 0 amide bonds. The van der Waals surface area contributed by atoms with Crippen LogP contribution in [0, 0.1) is 6.92 Å². The molecule has 0 fully saturated rings. The molecule has 0 atom stereocenters. The van der Waals surface area contributed by atoms with Crippen molar-refractivity contribution in [2.24, 2.45) is 0 Å². The highest BCUT2D eigenvalue weighted by atomic mass is 79.9. The highest BCUT2D eigenvalue weighted by Crippen LogP contribution is 2.12. The van der Waals surface area contributed by atoms with Crippen LogP contribution in [0.5, 0.6) is 0 Å². The molecule has 0 aliphatic heterocycles. The molecule has 0 aliphatic rings. The Morgan fingerprint density at radius 1 is 1.25 bits per heavy atom. The third kappa shape index (κ3) is 2.30. The van der Waals surface area contributed by atoms with E-state index < -0.39 is 0 Å². The minimum atomic E-state index is -0.0274. The van der Waals surface area contributed by atoms with Gasteiger partial charge in [0.1, 0.15) is 4.47 Å². The lowest BCUT2D eigenvalue weighted by molar-refractivity contribution is 0.657. The molecule has 0 aliphatic carbocycles. The molecular formula is C11H10Br2N2O. The molecule has 0 radical (unpaired) electrons. The van der Waals surface area contributed by atoms with Crippen molar-refractivity contribution < 1.29 is 0 Å². The van der Waals surface area contributed by atoms with Gasteiger partial charge in [-0.1, -0.05) is 28.1 Å². The predicted octanol–water partition coefficient (Wildman–Crippen LogP) is 3.06. The van der Waals surface area contributed by atoms with E-state index in [1.54, 1.807) is 4.68 Å². The summed E-state index contributed by atoms with van der Waals surface area (Å²) < 4.78 is 3.22. The second-order valence-corrected chi connectivity index (χ2v) is 5.28. The van der Waals surface area contributed by atoms with Gasteiger partial charge >= 0.3 is 0 Å². The summed E-state index contributed by atoms with van der Waals surface area (Å²) in [6.45, 7) is 2.42. The Labute approximate surface area is 110 Å². The molecule has 3 nitrogen and oxygen atoms in total. The fraction of sp³-hybridized carbons (Fsp3) is 0.182. The number of H-pyrrole nitrogens is 1. The smallest absolute Gasteiger partial charge is 0.281 e. The van der Waals surface area contributed by atoms with Crippen molar-refractivity contribution in [2.45, 2.75) is 13.5 Å². The summed E-state index contributed by atoms with van der Waals surface area (Å²) in [6, 6.07) is 7.90. The molecule has 0 saturated carbocycles. The third-order valence-corrected chi connectivity index (χ3v) is 3.78. The zero-order valence-corrected chi connectivity index (χ0v) is 11.8. The van der Waals surface area contributed by atoms with E-state index in [1.165, 1.54) is 0 Å². The minimum Gasteiger partial charge on any atom is -0.299 e. The number of aromatic nitrogens is 2. The van der Waals surface area contributed by atoms with Crippen LogP contribution in [0.3, 0.4) is 0 Å². The van der Waals surface area contributed by atoms with Crippen LogP contribution in [0.2, 0.25) is 0 Å².